The molecule has 0 amide bonds. The van der Waals surface area contributed by atoms with Crippen molar-refractivity contribution >= 4 is 23.9 Å². The molecular weight excluding hydrogens is 384 g/mol. The molecule has 5 fully saturated rings. The quantitative estimate of drug-likeness (QED) is 0.626. The maximum Gasteiger partial charge on any atom is 0.141 e. The Bertz CT molecular complexity index is 661. The van der Waals surface area contributed by atoms with E-state index in [1.54, 1.807) is 0 Å². The summed E-state index contributed by atoms with van der Waals surface area (Å²) in [4.78, 5) is 18.5. The SMILES string of the molecule is C[C@]12CC/C(=N/O[C@@H]3CCNC3)CC1CCC[C@@H]1[C@@H]2CC[C@]2(C)C(=O)CC[C@@H]12.Cl. The van der Waals surface area contributed by atoms with Crippen LogP contribution in [0.5, 0.6) is 0 Å². The summed E-state index contributed by atoms with van der Waals surface area (Å²) in [6, 6.07) is 0. The van der Waals surface area contributed by atoms with Crippen LogP contribution in [0.25, 0.3) is 0 Å². The van der Waals surface area contributed by atoms with Crippen LogP contribution in [0.1, 0.15) is 84.5 Å². The first-order valence-corrected chi connectivity index (χ1v) is 12.0. The molecule has 4 saturated carbocycles. The molecule has 4 aliphatic carbocycles. The van der Waals surface area contributed by atoms with Gasteiger partial charge >= 0.3 is 0 Å². The zero-order valence-corrected chi connectivity index (χ0v) is 19.1. The predicted molar refractivity (Wildman–Crippen MR) is 118 cm³/mol. The molecule has 164 valence electrons. The molecule has 0 aromatic rings. The van der Waals surface area contributed by atoms with Crippen LogP contribution in [-0.4, -0.2) is 30.7 Å². The van der Waals surface area contributed by atoms with E-state index in [1.807, 2.05) is 0 Å². The van der Waals surface area contributed by atoms with Gasteiger partial charge in [-0.05, 0) is 87.0 Å². The van der Waals surface area contributed by atoms with Crippen molar-refractivity contribution in [3.05, 3.63) is 0 Å². The minimum Gasteiger partial charge on any atom is -0.391 e. The maximum absolute atomic E-state index is 12.6. The third-order valence-corrected chi connectivity index (χ3v) is 9.80. The van der Waals surface area contributed by atoms with Gasteiger partial charge in [0.15, 0.2) is 0 Å². The zero-order valence-electron chi connectivity index (χ0n) is 18.3. The van der Waals surface area contributed by atoms with Gasteiger partial charge in [-0.25, -0.2) is 0 Å². The normalized spacial score (nSPS) is 48.3. The van der Waals surface area contributed by atoms with E-state index in [1.165, 1.54) is 37.8 Å². The fraction of sp³-hybridized carbons (Fsp3) is 0.917. The molecule has 1 saturated heterocycles. The van der Waals surface area contributed by atoms with Gasteiger partial charge in [-0.3, -0.25) is 4.79 Å². The number of nitrogens with one attached hydrogen (secondary N) is 1. The number of halogens is 1. The summed E-state index contributed by atoms with van der Waals surface area (Å²) in [7, 11) is 0. The van der Waals surface area contributed by atoms with E-state index in [-0.39, 0.29) is 23.9 Å². The van der Waals surface area contributed by atoms with Crippen LogP contribution in [0.4, 0.5) is 0 Å². The fourth-order valence-electron chi connectivity index (χ4n) is 7.99. The van der Waals surface area contributed by atoms with E-state index in [2.05, 4.69) is 24.3 Å². The van der Waals surface area contributed by atoms with Crippen molar-refractivity contribution in [2.45, 2.75) is 90.6 Å². The Kier molecular flexibility index (Phi) is 6.07. The minimum absolute atomic E-state index is 0. The average molecular weight is 423 g/mol. The van der Waals surface area contributed by atoms with E-state index >= 15 is 0 Å². The average Bonchev–Trinajstić information content (AvgIpc) is 3.27. The number of carbonyl (C=O) groups excluding carboxylic acids is 1. The first kappa shape index (κ1) is 21.6. The predicted octanol–water partition coefficient (Wildman–Crippen LogP) is 5.14. The van der Waals surface area contributed by atoms with E-state index < -0.39 is 0 Å². The first-order chi connectivity index (χ1) is 13.5. The van der Waals surface area contributed by atoms with Gasteiger partial charge in [0.25, 0.3) is 0 Å². The Labute approximate surface area is 182 Å². The Morgan fingerprint density at radius 1 is 1.03 bits per heavy atom. The Morgan fingerprint density at radius 2 is 1.90 bits per heavy atom. The number of rotatable bonds is 2. The van der Waals surface area contributed by atoms with Crippen molar-refractivity contribution in [3.8, 4) is 0 Å². The highest BCUT2D eigenvalue weighted by atomic mass is 35.5. The number of ketones is 1. The van der Waals surface area contributed by atoms with Gasteiger partial charge < -0.3 is 10.2 Å². The molecule has 7 atom stereocenters. The number of nitrogens with zero attached hydrogens (tertiary/aromatic N) is 1. The number of hydrogen-bond donors (Lipinski definition) is 1. The van der Waals surface area contributed by atoms with Crippen molar-refractivity contribution in [1.29, 1.82) is 0 Å². The van der Waals surface area contributed by atoms with Crippen LogP contribution < -0.4 is 5.32 Å². The van der Waals surface area contributed by atoms with Crippen LogP contribution in [0.15, 0.2) is 5.16 Å². The van der Waals surface area contributed by atoms with E-state index in [9.17, 15) is 4.79 Å². The third-order valence-electron chi connectivity index (χ3n) is 9.80. The van der Waals surface area contributed by atoms with Crippen molar-refractivity contribution < 1.29 is 9.63 Å². The molecule has 29 heavy (non-hydrogen) atoms. The summed E-state index contributed by atoms with van der Waals surface area (Å²) in [6.07, 6.45) is 13.3. The molecule has 4 nitrogen and oxygen atoms in total. The van der Waals surface area contributed by atoms with Crippen LogP contribution in [-0.2, 0) is 9.63 Å². The minimum atomic E-state index is 0. The van der Waals surface area contributed by atoms with Gasteiger partial charge in [-0.15, -0.1) is 12.4 Å². The third kappa shape index (κ3) is 3.56. The van der Waals surface area contributed by atoms with Crippen molar-refractivity contribution in [2.75, 3.05) is 13.1 Å². The molecule has 0 aromatic heterocycles. The smallest absolute Gasteiger partial charge is 0.141 e. The second-order valence-corrected chi connectivity index (χ2v) is 11.0. The lowest BCUT2D eigenvalue weighted by Gasteiger charge is -2.54. The van der Waals surface area contributed by atoms with Gasteiger partial charge in [-0.1, -0.05) is 25.4 Å². The Hall–Kier alpha value is -0.610. The van der Waals surface area contributed by atoms with Gasteiger partial charge in [0.1, 0.15) is 11.9 Å². The molecule has 0 spiro atoms. The number of Topliss-reactive ketones (excluding diaryl/α,β-unsaturated/α-hetero) is 1. The lowest BCUT2D eigenvalue weighted by Crippen LogP contribution is -2.49. The Balaban J connectivity index is 0.00000205. The molecule has 0 radical (unpaired) electrons. The van der Waals surface area contributed by atoms with Crippen molar-refractivity contribution in [2.24, 2.45) is 39.7 Å². The number of oxime groups is 1. The zero-order chi connectivity index (χ0) is 19.4. The van der Waals surface area contributed by atoms with E-state index in [0.717, 1.165) is 69.4 Å². The highest BCUT2D eigenvalue weighted by molar-refractivity contribution is 5.87. The van der Waals surface area contributed by atoms with Crippen LogP contribution in [0, 0.1) is 34.5 Å². The summed E-state index contributed by atoms with van der Waals surface area (Å²) in [5.74, 6) is 3.56. The van der Waals surface area contributed by atoms with Gasteiger partial charge in [0, 0.05) is 24.8 Å². The molecule has 1 aliphatic heterocycles. The second-order valence-electron chi connectivity index (χ2n) is 11.0. The molecule has 0 bridgehead atoms. The monoisotopic (exact) mass is 422 g/mol. The van der Waals surface area contributed by atoms with Gasteiger partial charge in [0.05, 0.1) is 5.71 Å². The molecule has 5 aliphatic rings. The maximum atomic E-state index is 12.6. The topological polar surface area (TPSA) is 50.7 Å². The number of hydrogen-bond acceptors (Lipinski definition) is 4. The molecule has 0 aromatic carbocycles. The van der Waals surface area contributed by atoms with Crippen LogP contribution in [0.2, 0.25) is 0 Å². The van der Waals surface area contributed by atoms with Crippen molar-refractivity contribution in [3.63, 3.8) is 0 Å². The highest BCUT2D eigenvalue weighted by Crippen LogP contribution is 2.64. The fourth-order valence-corrected chi connectivity index (χ4v) is 7.99. The number of fused-ring (bicyclic) bond motifs is 5. The number of carbonyl (C=O) groups is 1. The first-order valence-electron chi connectivity index (χ1n) is 12.0. The molecule has 5 rings (SSSR count). The summed E-state index contributed by atoms with van der Waals surface area (Å²) in [5, 5.41) is 7.99. The molecular formula is C24H39ClN2O2. The summed E-state index contributed by atoms with van der Waals surface area (Å²) < 4.78 is 0. The standard InChI is InChI=1S/C24H38N2O2.ClH/c1-23-11-8-17(26-28-18-10-13-25-15-18)14-16(23)4-3-5-19-20-6-7-22(27)24(20,2)12-9-21(19)23;/h16,18-21,25H,3-15H2,1-2H3;1H/b26-17-;/t16?,18-,19+,20+,21+,23+,24+;/m1./s1. The lowest BCUT2D eigenvalue weighted by molar-refractivity contribution is -0.132. The van der Waals surface area contributed by atoms with E-state index in [0.29, 0.717) is 17.1 Å². The highest BCUT2D eigenvalue weighted by Gasteiger charge is 2.58. The molecule has 5 heteroatoms. The summed E-state index contributed by atoms with van der Waals surface area (Å²) in [6.45, 7) is 6.90. The largest absolute Gasteiger partial charge is 0.391 e. The van der Waals surface area contributed by atoms with Gasteiger partial charge in [-0.2, -0.15) is 0 Å². The van der Waals surface area contributed by atoms with Crippen LogP contribution >= 0.6 is 12.4 Å². The molecule has 1 N–H and O–H groups in total. The van der Waals surface area contributed by atoms with Crippen LogP contribution in [0.3, 0.4) is 0 Å². The Morgan fingerprint density at radius 3 is 2.69 bits per heavy atom. The molecule has 1 heterocycles. The van der Waals surface area contributed by atoms with Gasteiger partial charge in [0.2, 0.25) is 0 Å². The summed E-state index contributed by atoms with van der Waals surface area (Å²) in [5.41, 5.74) is 1.74. The lowest BCUT2D eigenvalue weighted by atomic mass is 9.50. The molecule has 1 unspecified atom stereocenters. The second kappa shape index (κ2) is 8.15. The summed E-state index contributed by atoms with van der Waals surface area (Å²) >= 11 is 0. The van der Waals surface area contributed by atoms with Crippen molar-refractivity contribution in [1.82, 2.24) is 5.32 Å². The van der Waals surface area contributed by atoms with E-state index in [4.69, 9.17) is 4.84 Å².